The molecule has 58 heavy (non-hydrogen) atoms. The molecule has 2 saturated heterocycles. The van der Waals surface area contributed by atoms with Gasteiger partial charge in [-0.2, -0.15) is 0 Å². The van der Waals surface area contributed by atoms with Crippen LogP contribution >= 0.6 is 0 Å². The van der Waals surface area contributed by atoms with E-state index in [4.69, 9.17) is 22.4 Å². The number of benzene rings is 2. The summed E-state index contributed by atoms with van der Waals surface area (Å²) in [6.07, 6.45) is 0. The molecule has 0 aromatic heterocycles. The number of carbonyl (C=O) groups is 2. The SMILES string of the molecule is C.CCN1CN(Cc2ccccc2)CN(C)C1=O.CN1CN(Cc2ccccc2)CN(C)C1=O.S=S=S=S=S=S=S=S=S=S=S=S=S=S=S=S=S=S=S=S=S=S=S=S. The van der Waals surface area contributed by atoms with Crippen LogP contribution < -0.4 is 0 Å². The third-order valence-electron chi connectivity index (χ3n) is 6.32. The van der Waals surface area contributed by atoms with Crippen LogP contribution in [0.3, 0.4) is 0 Å². The fourth-order valence-electron chi connectivity index (χ4n) is 4.35. The monoisotopic (exact) mass is 1240 g/mol. The van der Waals surface area contributed by atoms with E-state index >= 15 is 0 Å². The zero-order chi connectivity index (χ0) is 41.4. The highest BCUT2D eigenvalue weighted by atomic mass is 33.5. The second-order valence-corrected chi connectivity index (χ2v) is 49.1. The predicted molar refractivity (Wildman–Crippen MR) is 313 cm³/mol. The third-order valence-corrected chi connectivity index (χ3v) is 53.0. The van der Waals surface area contributed by atoms with Gasteiger partial charge in [-0.15, -0.1) is 0 Å². The van der Waals surface area contributed by atoms with Crippen LogP contribution in [0.2, 0.25) is 0 Å². The van der Waals surface area contributed by atoms with Gasteiger partial charge in [0.2, 0.25) is 0 Å². The number of nitrogens with zero attached hydrogens (tertiary/aromatic N) is 6. The minimum absolute atomic E-state index is 0. The van der Waals surface area contributed by atoms with Gasteiger partial charge in [0.25, 0.3) is 0 Å². The van der Waals surface area contributed by atoms with Crippen molar-refractivity contribution in [3.63, 3.8) is 0 Å². The van der Waals surface area contributed by atoms with Gasteiger partial charge >= 0.3 is 12.1 Å². The molecule has 2 aliphatic heterocycles. The van der Waals surface area contributed by atoms with Crippen molar-refractivity contribution in [2.24, 2.45) is 0 Å². The first kappa shape index (κ1) is 58.2. The Morgan fingerprint density at radius 1 is 0.448 bits per heavy atom. The summed E-state index contributed by atoms with van der Waals surface area (Å²) in [6.45, 7) is 7.33. The molecule has 0 saturated carbocycles. The molecule has 2 aromatic carbocycles. The van der Waals surface area contributed by atoms with Crippen molar-refractivity contribution in [2.75, 3.05) is 54.4 Å². The van der Waals surface area contributed by atoms with Gasteiger partial charge in [0.05, 0.1) is 26.7 Å². The standard InChI is InChI=1S/C13H19N3O.C12H17N3O.CH4.S24/c1-3-16-11-15(10-14(2)13(16)17)9-12-7-5-4-6-8-12;1-13-9-15(10-14(2)12(13)16)8-11-6-4-3-5-7-11;;1-3-5-7-9-11-13-15-17-19-21-23-24-22-20-18-16-14-12-10-8-6-4-2/h4-8H,3,9-11H2,1-2H3;3-7H,8-10H2,1-2H3;1H4;. The van der Waals surface area contributed by atoms with Crippen molar-refractivity contribution in [3.8, 4) is 0 Å². The lowest BCUT2D eigenvalue weighted by Crippen LogP contribution is -2.56. The van der Waals surface area contributed by atoms with E-state index in [2.05, 4.69) is 34.1 Å². The Labute approximate surface area is 415 Å². The molecular formula is C26H40N6O2S24. The number of hydrogen-bond donors (Lipinski definition) is 0. The Balaban J connectivity index is 0.000000441. The molecule has 2 heterocycles. The van der Waals surface area contributed by atoms with Gasteiger partial charge in [-0.05, 0) is 18.1 Å². The Bertz CT molecular complexity index is 2520. The molecule has 8 nitrogen and oxygen atoms in total. The van der Waals surface area contributed by atoms with Gasteiger partial charge in [0.1, 0.15) is 0 Å². The van der Waals surface area contributed by atoms with E-state index < -0.39 is 0 Å². The number of amides is 4. The van der Waals surface area contributed by atoms with Gasteiger partial charge in [-0.1, -0.05) is 68.1 Å². The van der Waals surface area contributed by atoms with Crippen LogP contribution in [0.4, 0.5) is 9.59 Å². The largest absolute Gasteiger partial charge is 0.321 e. The molecule has 0 bridgehead atoms. The quantitative estimate of drug-likeness (QED) is 0.456. The van der Waals surface area contributed by atoms with E-state index in [0.717, 1.165) is 19.6 Å². The lowest BCUT2D eigenvalue weighted by Gasteiger charge is -2.40. The fourth-order valence-corrected chi connectivity index (χ4v) is 59.2. The maximum absolute atomic E-state index is 11.8. The van der Waals surface area contributed by atoms with Crippen molar-refractivity contribution >= 4 is 230 Å². The van der Waals surface area contributed by atoms with Crippen LogP contribution in [0.15, 0.2) is 60.7 Å². The van der Waals surface area contributed by atoms with Crippen LogP contribution in [0, 0.1) is 0 Å². The minimum Gasteiger partial charge on any atom is -0.315 e. The molecule has 0 aliphatic carbocycles. The summed E-state index contributed by atoms with van der Waals surface area (Å²) in [4.78, 5) is 34.9. The molecule has 0 spiro atoms. The third kappa shape index (κ3) is 28.9. The molecule has 0 radical (unpaired) electrons. The smallest absolute Gasteiger partial charge is 0.315 e. The van der Waals surface area contributed by atoms with Gasteiger partial charge in [-0.3, -0.25) is 9.80 Å². The Morgan fingerprint density at radius 3 is 1.02 bits per heavy atom. The van der Waals surface area contributed by atoms with E-state index in [1.54, 1.807) is 157 Å². The van der Waals surface area contributed by atoms with E-state index in [0.29, 0.717) is 26.7 Å². The van der Waals surface area contributed by atoms with Crippen LogP contribution in [0.25, 0.3) is 0 Å². The average Bonchev–Trinajstić information content (AvgIpc) is 3.21. The Hall–Kier alpha value is 2.18. The fraction of sp³-hybridized carbons (Fsp3) is 0.462. The van der Waals surface area contributed by atoms with Crippen LogP contribution in [-0.2, 0) is 231 Å². The second-order valence-electron chi connectivity index (χ2n) is 10.2. The molecule has 0 atom stereocenters. The Morgan fingerprint density at radius 2 is 0.724 bits per heavy atom. The van der Waals surface area contributed by atoms with E-state index in [-0.39, 0.29) is 19.5 Å². The summed E-state index contributed by atoms with van der Waals surface area (Å²) in [5, 5.41) is 0. The maximum atomic E-state index is 11.8. The highest BCUT2D eigenvalue weighted by Gasteiger charge is 2.26. The highest BCUT2D eigenvalue weighted by Crippen LogP contribution is 2.13. The zero-order valence-electron chi connectivity index (χ0n) is 30.0. The van der Waals surface area contributed by atoms with Crippen LogP contribution in [0.1, 0.15) is 25.5 Å². The molecule has 2 fully saturated rings. The first-order valence-electron chi connectivity index (χ1n) is 15.2. The van der Waals surface area contributed by atoms with Gasteiger partial charge in [0, 0.05) is 259 Å². The van der Waals surface area contributed by atoms with E-state index in [1.807, 2.05) is 105 Å². The van der Waals surface area contributed by atoms with Gasteiger partial charge in [-0.25, -0.2) is 9.59 Å². The highest BCUT2D eigenvalue weighted by molar-refractivity contribution is 8.79. The molecule has 2 aliphatic rings. The molecule has 4 rings (SSSR count). The number of hydrogen-bond acceptors (Lipinski definition) is 6. The Kier molecular flexibility index (Phi) is 39.7. The predicted octanol–water partition coefficient (Wildman–Crippen LogP) is 3.77. The van der Waals surface area contributed by atoms with Crippen molar-refractivity contribution in [3.05, 3.63) is 71.8 Å². The topological polar surface area (TPSA) is 53.6 Å². The summed E-state index contributed by atoms with van der Waals surface area (Å²) in [7, 11) is 43.6. The van der Waals surface area contributed by atoms with Gasteiger partial charge < -0.3 is 19.6 Å². The van der Waals surface area contributed by atoms with Gasteiger partial charge in [0.15, 0.2) is 0 Å². The lowest BCUT2D eigenvalue weighted by molar-refractivity contribution is 0.0416. The lowest BCUT2D eigenvalue weighted by atomic mass is 10.2. The van der Waals surface area contributed by atoms with Crippen LogP contribution in [-0.4, -0.2) is 95.8 Å². The maximum Gasteiger partial charge on any atom is 0.321 e. The summed E-state index contributed by atoms with van der Waals surface area (Å²) in [5.74, 6) is 0. The van der Waals surface area contributed by atoms with Crippen molar-refractivity contribution in [1.29, 1.82) is 0 Å². The summed E-state index contributed by atoms with van der Waals surface area (Å²) in [6, 6.07) is 20.9. The molecule has 2 aromatic rings. The molecule has 330 valence electrons. The first-order chi connectivity index (χ1) is 27.8. The number of rotatable bonds is 5. The summed E-state index contributed by atoms with van der Waals surface area (Å²) < 4.78 is 0. The first-order valence-corrected chi connectivity index (χ1v) is 45.9. The number of urea groups is 2. The zero-order valence-corrected chi connectivity index (χ0v) is 49.6. The van der Waals surface area contributed by atoms with Crippen molar-refractivity contribution < 1.29 is 9.59 Å². The van der Waals surface area contributed by atoms with Crippen molar-refractivity contribution in [2.45, 2.75) is 27.4 Å². The average molecular weight is 1240 g/mol. The number of carbonyl (C=O) groups excluding carboxylic acids is 2. The van der Waals surface area contributed by atoms with E-state index in [1.165, 1.54) is 28.9 Å². The summed E-state index contributed by atoms with van der Waals surface area (Å²) >= 11 is 9.54. The molecule has 4 amide bonds. The normalized spacial score (nSPS) is 13.2. The summed E-state index contributed by atoms with van der Waals surface area (Å²) in [5.41, 5.74) is 2.56. The van der Waals surface area contributed by atoms with Crippen molar-refractivity contribution in [1.82, 2.24) is 29.4 Å². The van der Waals surface area contributed by atoms with E-state index in [9.17, 15) is 9.59 Å². The second kappa shape index (κ2) is 39.5. The minimum atomic E-state index is 0. The molecular weight excluding hydrogens is 1200 g/mol. The van der Waals surface area contributed by atoms with Crippen LogP contribution in [0.5, 0.6) is 0 Å². The molecule has 0 unspecified atom stereocenters. The molecule has 0 N–H and O–H groups in total. The molecule has 32 heteroatoms.